The summed E-state index contributed by atoms with van der Waals surface area (Å²) in [5, 5.41) is 11.9. The summed E-state index contributed by atoms with van der Waals surface area (Å²) in [6, 6.07) is 1.42. The van der Waals surface area contributed by atoms with E-state index in [1.165, 1.54) is 12.3 Å². The molecule has 0 amide bonds. The van der Waals surface area contributed by atoms with Gasteiger partial charge in [0.2, 0.25) is 0 Å². The van der Waals surface area contributed by atoms with Gasteiger partial charge < -0.3 is 20.7 Å². The largest absolute Gasteiger partial charge is 0.478 e. The van der Waals surface area contributed by atoms with Gasteiger partial charge in [-0.1, -0.05) is 0 Å². The lowest BCUT2D eigenvalue weighted by Gasteiger charge is -2.08. The first-order chi connectivity index (χ1) is 8.66. The van der Waals surface area contributed by atoms with Gasteiger partial charge in [-0.25, -0.2) is 14.8 Å². The third-order valence-electron chi connectivity index (χ3n) is 2.40. The molecule has 0 radical (unpaired) electrons. The highest BCUT2D eigenvalue weighted by atomic mass is 16.4. The van der Waals surface area contributed by atoms with Crippen LogP contribution < -0.4 is 11.1 Å². The van der Waals surface area contributed by atoms with E-state index in [9.17, 15) is 4.79 Å². The highest BCUT2D eigenvalue weighted by Crippen LogP contribution is 2.14. The van der Waals surface area contributed by atoms with Gasteiger partial charge in [-0.3, -0.25) is 0 Å². The number of nitrogen functional groups attached to an aromatic ring is 1. The summed E-state index contributed by atoms with van der Waals surface area (Å²) >= 11 is 0. The molecule has 2 rings (SSSR count). The Morgan fingerprint density at radius 1 is 1.56 bits per heavy atom. The average molecular weight is 247 g/mol. The van der Waals surface area contributed by atoms with Gasteiger partial charge in [0, 0.05) is 25.5 Å². The van der Waals surface area contributed by atoms with E-state index in [0.717, 1.165) is 0 Å². The van der Waals surface area contributed by atoms with Crippen molar-refractivity contribution in [1.82, 2.24) is 14.5 Å². The van der Waals surface area contributed by atoms with Crippen LogP contribution in [0.3, 0.4) is 0 Å². The number of rotatable bonds is 5. The number of hydrogen-bond donors (Lipinski definition) is 3. The van der Waals surface area contributed by atoms with E-state index in [4.69, 9.17) is 10.8 Å². The zero-order valence-electron chi connectivity index (χ0n) is 9.58. The highest BCUT2D eigenvalue weighted by Gasteiger charge is 2.09. The van der Waals surface area contributed by atoms with E-state index in [0.29, 0.717) is 18.9 Å². The molecule has 0 atom stereocenters. The van der Waals surface area contributed by atoms with Crippen molar-refractivity contribution in [2.24, 2.45) is 0 Å². The molecule has 94 valence electrons. The Balaban J connectivity index is 1.97. The molecular formula is C11H13N5O2. The third-order valence-corrected chi connectivity index (χ3v) is 2.40. The van der Waals surface area contributed by atoms with Gasteiger partial charge in [0.15, 0.2) is 0 Å². The SMILES string of the molecule is Nc1cnc(NCCn2ccnc2)cc1C(=O)O. The molecule has 2 heterocycles. The smallest absolute Gasteiger partial charge is 0.337 e. The van der Waals surface area contributed by atoms with E-state index in [1.54, 1.807) is 12.5 Å². The van der Waals surface area contributed by atoms with Crippen LogP contribution in [0.15, 0.2) is 31.0 Å². The van der Waals surface area contributed by atoms with Crippen LogP contribution in [0, 0.1) is 0 Å². The zero-order chi connectivity index (χ0) is 13.0. The number of carbonyl (C=O) groups is 1. The van der Waals surface area contributed by atoms with Crippen molar-refractivity contribution in [2.75, 3.05) is 17.6 Å². The summed E-state index contributed by atoms with van der Waals surface area (Å²) in [7, 11) is 0. The Morgan fingerprint density at radius 3 is 3.06 bits per heavy atom. The predicted molar refractivity (Wildman–Crippen MR) is 66.3 cm³/mol. The number of nitrogens with one attached hydrogen (secondary N) is 1. The van der Waals surface area contributed by atoms with Gasteiger partial charge in [0.25, 0.3) is 0 Å². The summed E-state index contributed by atoms with van der Waals surface area (Å²) in [4.78, 5) is 18.8. The number of aromatic nitrogens is 3. The normalized spacial score (nSPS) is 10.2. The molecule has 0 unspecified atom stereocenters. The molecule has 4 N–H and O–H groups in total. The van der Waals surface area contributed by atoms with Gasteiger partial charge in [-0.15, -0.1) is 0 Å². The van der Waals surface area contributed by atoms with E-state index in [1.807, 2.05) is 10.8 Å². The second kappa shape index (κ2) is 5.17. The lowest BCUT2D eigenvalue weighted by Crippen LogP contribution is -2.11. The Kier molecular flexibility index (Phi) is 3.42. The van der Waals surface area contributed by atoms with Crippen LogP contribution in [0.4, 0.5) is 11.5 Å². The van der Waals surface area contributed by atoms with Crippen molar-refractivity contribution < 1.29 is 9.90 Å². The van der Waals surface area contributed by atoms with Gasteiger partial charge in [-0.05, 0) is 6.07 Å². The first kappa shape index (κ1) is 11.9. The van der Waals surface area contributed by atoms with Crippen molar-refractivity contribution in [3.63, 3.8) is 0 Å². The summed E-state index contributed by atoms with van der Waals surface area (Å²) in [6.07, 6.45) is 6.59. The highest BCUT2D eigenvalue weighted by molar-refractivity contribution is 5.94. The number of carboxylic acids is 1. The number of pyridine rings is 1. The van der Waals surface area contributed by atoms with E-state index < -0.39 is 5.97 Å². The minimum Gasteiger partial charge on any atom is -0.478 e. The van der Waals surface area contributed by atoms with Crippen LogP contribution in [0.1, 0.15) is 10.4 Å². The molecule has 0 bridgehead atoms. The first-order valence-corrected chi connectivity index (χ1v) is 5.35. The summed E-state index contributed by atoms with van der Waals surface area (Å²) < 4.78 is 1.91. The summed E-state index contributed by atoms with van der Waals surface area (Å²) in [6.45, 7) is 1.33. The number of carboxylic acid groups (broad SMARTS) is 1. The lowest BCUT2D eigenvalue weighted by atomic mass is 10.2. The van der Waals surface area contributed by atoms with Crippen molar-refractivity contribution in [3.05, 3.63) is 36.5 Å². The number of hydrogen-bond acceptors (Lipinski definition) is 5. The molecule has 0 saturated heterocycles. The van der Waals surface area contributed by atoms with Crippen LogP contribution in [0.25, 0.3) is 0 Å². The minimum absolute atomic E-state index is 0.0510. The fourth-order valence-electron chi connectivity index (χ4n) is 1.48. The fourth-order valence-corrected chi connectivity index (χ4v) is 1.48. The van der Waals surface area contributed by atoms with Crippen LogP contribution in [0.2, 0.25) is 0 Å². The molecule has 0 spiro atoms. The third kappa shape index (κ3) is 2.76. The number of anilines is 2. The van der Waals surface area contributed by atoms with Crippen molar-refractivity contribution in [2.45, 2.75) is 6.54 Å². The minimum atomic E-state index is -1.06. The molecule has 0 aliphatic carbocycles. The Labute approximate surface area is 103 Å². The Hall–Kier alpha value is -2.57. The number of nitrogens with zero attached hydrogens (tertiary/aromatic N) is 3. The van der Waals surface area contributed by atoms with E-state index >= 15 is 0 Å². The number of aromatic carboxylic acids is 1. The Morgan fingerprint density at radius 2 is 2.39 bits per heavy atom. The molecule has 0 fully saturated rings. The molecule has 0 saturated carbocycles. The predicted octanol–water partition coefficient (Wildman–Crippen LogP) is 0.671. The molecule has 0 aliphatic heterocycles. The van der Waals surface area contributed by atoms with E-state index in [2.05, 4.69) is 15.3 Å². The topological polar surface area (TPSA) is 106 Å². The van der Waals surface area contributed by atoms with Gasteiger partial charge in [-0.2, -0.15) is 0 Å². The van der Waals surface area contributed by atoms with E-state index in [-0.39, 0.29) is 11.3 Å². The van der Waals surface area contributed by atoms with Gasteiger partial charge in [0.05, 0.1) is 23.8 Å². The Bertz CT molecular complexity index is 538. The molecular weight excluding hydrogens is 234 g/mol. The standard InChI is InChI=1S/C11H13N5O2/c12-9-6-15-10(5-8(9)11(17)18)14-2-4-16-3-1-13-7-16/h1,3,5-7H,2,4,12H2,(H,14,15)(H,17,18). The molecule has 0 aromatic carbocycles. The van der Waals surface area contributed by atoms with Crippen LogP contribution >= 0.6 is 0 Å². The van der Waals surface area contributed by atoms with Crippen molar-refractivity contribution >= 4 is 17.5 Å². The maximum atomic E-state index is 10.9. The monoisotopic (exact) mass is 247 g/mol. The van der Waals surface area contributed by atoms with Gasteiger partial charge in [0.1, 0.15) is 5.82 Å². The molecule has 2 aromatic heterocycles. The number of nitrogens with two attached hydrogens (primary N) is 1. The zero-order valence-corrected chi connectivity index (χ0v) is 9.58. The van der Waals surface area contributed by atoms with Crippen molar-refractivity contribution in [1.29, 1.82) is 0 Å². The van der Waals surface area contributed by atoms with Crippen molar-refractivity contribution in [3.8, 4) is 0 Å². The first-order valence-electron chi connectivity index (χ1n) is 5.35. The molecule has 2 aromatic rings. The second-order valence-corrected chi connectivity index (χ2v) is 3.69. The molecule has 18 heavy (non-hydrogen) atoms. The molecule has 0 aliphatic rings. The second-order valence-electron chi connectivity index (χ2n) is 3.69. The van der Waals surface area contributed by atoms with Gasteiger partial charge >= 0.3 is 5.97 Å². The van der Waals surface area contributed by atoms with Crippen LogP contribution in [-0.2, 0) is 6.54 Å². The lowest BCUT2D eigenvalue weighted by molar-refractivity contribution is 0.0698. The molecule has 7 heteroatoms. The fraction of sp³-hybridized carbons (Fsp3) is 0.182. The summed E-state index contributed by atoms with van der Waals surface area (Å²) in [5.41, 5.74) is 5.72. The maximum absolute atomic E-state index is 10.9. The van der Waals surface area contributed by atoms with Crippen LogP contribution in [-0.4, -0.2) is 32.2 Å². The molecule has 7 nitrogen and oxygen atoms in total. The quantitative estimate of drug-likeness (QED) is 0.717. The maximum Gasteiger partial charge on any atom is 0.337 e. The average Bonchev–Trinajstić information content (AvgIpc) is 2.84. The van der Waals surface area contributed by atoms with Crippen LogP contribution in [0.5, 0.6) is 0 Å². The number of imidazole rings is 1. The summed E-state index contributed by atoms with van der Waals surface area (Å²) in [5.74, 6) is -0.575.